The summed E-state index contributed by atoms with van der Waals surface area (Å²) >= 11 is 0. The molecule has 0 aliphatic rings. The molecule has 0 atom stereocenters. The Morgan fingerprint density at radius 1 is 1.29 bits per heavy atom. The molecule has 0 heterocycles. The normalized spacial score (nSPS) is 12.3. The zero-order valence-corrected chi connectivity index (χ0v) is 12.4. The summed E-state index contributed by atoms with van der Waals surface area (Å²) in [6.45, 7) is 5.44. The van der Waals surface area contributed by atoms with Crippen LogP contribution in [0.4, 0.5) is 13.2 Å². The third-order valence-electron chi connectivity index (χ3n) is 2.92. The van der Waals surface area contributed by atoms with Crippen molar-refractivity contribution in [3.05, 3.63) is 35.4 Å². The Hall–Kier alpha value is -1.56. The fraction of sp³-hybridized carbons (Fsp3) is 0.533. The molecule has 0 saturated heterocycles. The maximum Gasteiger partial charge on any atom is 0.416 e. The van der Waals surface area contributed by atoms with Crippen LogP contribution >= 0.6 is 0 Å². The molecule has 1 amide bonds. The van der Waals surface area contributed by atoms with Gasteiger partial charge in [0.05, 0.1) is 17.6 Å². The molecule has 3 nitrogen and oxygen atoms in total. The average molecular weight is 303 g/mol. The van der Waals surface area contributed by atoms with Crippen LogP contribution in [0.1, 0.15) is 31.9 Å². The summed E-state index contributed by atoms with van der Waals surface area (Å²) < 4.78 is 37.9. The molecule has 6 heteroatoms. The number of rotatable bonds is 5. The Morgan fingerprint density at radius 2 is 1.90 bits per heavy atom. The van der Waals surface area contributed by atoms with Gasteiger partial charge in [-0.05, 0) is 32.4 Å². The summed E-state index contributed by atoms with van der Waals surface area (Å²) in [6.07, 6.45) is -4.54. The first-order valence-corrected chi connectivity index (χ1v) is 6.69. The SMILES string of the molecule is CCN(CC(C)(C)O)C(=O)Cc1cccc(C(F)(F)F)c1. The maximum atomic E-state index is 12.6. The van der Waals surface area contributed by atoms with Gasteiger partial charge in [0.1, 0.15) is 0 Å². The van der Waals surface area contributed by atoms with Crippen molar-refractivity contribution in [3.8, 4) is 0 Å². The monoisotopic (exact) mass is 303 g/mol. The highest BCUT2D eigenvalue weighted by Gasteiger charge is 2.30. The van der Waals surface area contributed by atoms with Crippen molar-refractivity contribution < 1.29 is 23.1 Å². The van der Waals surface area contributed by atoms with Gasteiger partial charge in [0.2, 0.25) is 5.91 Å². The first-order valence-electron chi connectivity index (χ1n) is 6.69. The lowest BCUT2D eigenvalue weighted by Crippen LogP contribution is -2.42. The predicted molar refractivity (Wildman–Crippen MR) is 73.7 cm³/mol. The summed E-state index contributed by atoms with van der Waals surface area (Å²) in [7, 11) is 0. The van der Waals surface area contributed by atoms with Crippen LogP contribution in [0, 0.1) is 0 Å². The predicted octanol–water partition coefficient (Wildman–Crippen LogP) is 2.87. The highest BCUT2D eigenvalue weighted by molar-refractivity contribution is 5.78. The Kier molecular flexibility index (Phi) is 5.39. The van der Waals surface area contributed by atoms with Crippen LogP contribution in [0.15, 0.2) is 24.3 Å². The molecule has 0 saturated carbocycles. The third kappa shape index (κ3) is 5.75. The summed E-state index contributed by atoms with van der Waals surface area (Å²) in [5, 5.41) is 9.74. The highest BCUT2D eigenvalue weighted by Crippen LogP contribution is 2.29. The van der Waals surface area contributed by atoms with Gasteiger partial charge in [0.25, 0.3) is 0 Å². The van der Waals surface area contributed by atoms with E-state index in [0.717, 1.165) is 12.1 Å². The lowest BCUT2D eigenvalue weighted by atomic mass is 10.1. The van der Waals surface area contributed by atoms with E-state index in [0.29, 0.717) is 12.1 Å². The number of carbonyl (C=O) groups excluding carboxylic acids is 1. The molecule has 1 N–H and O–H groups in total. The van der Waals surface area contributed by atoms with E-state index in [1.54, 1.807) is 20.8 Å². The van der Waals surface area contributed by atoms with Gasteiger partial charge in [0.15, 0.2) is 0 Å². The smallest absolute Gasteiger partial charge is 0.389 e. The van der Waals surface area contributed by atoms with E-state index in [1.807, 2.05) is 0 Å². The lowest BCUT2D eigenvalue weighted by molar-refractivity contribution is -0.138. The number of halogens is 3. The zero-order chi connectivity index (χ0) is 16.3. The molecule has 1 aromatic carbocycles. The number of benzene rings is 1. The molecule has 0 spiro atoms. The molecule has 0 aliphatic carbocycles. The van der Waals surface area contributed by atoms with Crippen molar-refractivity contribution in [1.29, 1.82) is 0 Å². The third-order valence-corrected chi connectivity index (χ3v) is 2.92. The van der Waals surface area contributed by atoms with Gasteiger partial charge in [-0.2, -0.15) is 13.2 Å². The van der Waals surface area contributed by atoms with Crippen molar-refractivity contribution >= 4 is 5.91 Å². The molecule has 0 aromatic heterocycles. The number of amides is 1. The van der Waals surface area contributed by atoms with Crippen LogP contribution in [0.5, 0.6) is 0 Å². The molecule has 118 valence electrons. The fourth-order valence-electron chi connectivity index (χ4n) is 1.99. The summed E-state index contributed by atoms with van der Waals surface area (Å²) in [5.41, 5.74) is -1.50. The second-order valence-corrected chi connectivity index (χ2v) is 5.60. The molecule has 0 radical (unpaired) electrons. The van der Waals surface area contributed by atoms with Crippen LogP contribution in [-0.4, -0.2) is 34.6 Å². The molecular formula is C15H20F3NO2. The van der Waals surface area contributed by atoms with Gasteiger partial charge in [0, 0.05) is 13.1 Å². The van der Waals surface area contributed by atoms with E-state index in [9.17, 15) is 23.1 Å². The number of alkyl halides is 3. The fourth-order valence-corrected chi connectivity index (χ4v) is 1.99. The zero-order valence-electron chi connectivity index (χ0n) is 12.4. The van der Waals surface area contributed by atoms with E-state index in [2.05, 4.69) is 0 Å². The van der Waals surface area contributed by atoms with Crippen LogP contribution in [-0.2, 0) is 17.4 Å². The minimum Gasteiger partial charge on any atom is -0.389 e. The van der Waals surface area contributed by atoms with Crippen LogP contribution < -0.4 is 0 Å². The molecule has 1 rings (SSSR count). The van der Waals surface area contributed by atoms with E-state index in [4.69, 9.17) is 0 Å². The van der Waals surface area contributed by atoms with Crippen molar-refractivity contribution in [2.24, 2.45) is 0 Å². The van der Waals surface area contributed by atoms with E-state index < -0.39 is 17.3 Å². The standard InChI is InChI=1S/C15H20F3NO2/c1-4-19(10-14(2,3)21)13(20)9-11-6-5-7-12(8-11)15(16,17)18/h5-8,21H,4,9-10H2,1-3H3. The highest BCUT2D eigenvalue weighted by atomic mass is 19.4. The molecular weight excluding hydrogens is 283 g/mol. The van der Waals surface area contributed by atoms with Gasteiger partial charge in [-0.1, -0.05) is 18.2 Å². The van der Waals surface area contributed by atoms with E-state index in [1.165, 1.54) is 17.0 Å². The number of carbonyl (C=O) groups is 1. The largest absolute Gasteiger partial charge is 0.416 e. The number of hydrogen-bond acceptors (Lipinski definition) is 2. The summed E-state index contributed by atoms with van der Waals surface area (Å²) in [6, 6.07) is 4.74. The van der Waals surface area contributed by atoms with Crippen molar-refractivity contribution in [3.63, 3.8) is 0 Å². The van der Waals surface area contributed by atoms with Crippen LogP contribution in [0.3, 0.4) is 0 Å². The Morgan fingerprint density at radius 3 is 2.38 bits per heavy atom. The first kappa shape index (κ1) is 17.5. The number of nitrogens with zero attached hydrogens (tertiary/aromatic N) is 1. The van der Waals surface area contributed by atoms with Gasteiger partial charge in [-0.3, -0.25) is 4.79 Å². The second-order valence-electron chi connectivity index (χ2n) is 5.60. The second kappa shape index (κ2) is 6.47. The van der Waals surface area contributed by atoms with E-state index in [-0.39, 0.29) is 18.9 Å². The average Bonchev–Trinajstić information content (AvgIpc) is 2.34. The molecule has 0 fully saturated rings. The molecule has 1 aromatic rings. The Labute approximate surface area is 122 Å². The number of aliphatic hydroxyl groups is 1. The first-order chi connectivity index (χ1) is 9.53. The number of hydrogen-bond donors (Lipinski definition) is 1. The Bertz CT molecular complexity index is 492. The lowest BCUT2D eigenvalue weighted by Gasteiger charge is -2.28. The molecule has 0 unspecified atom stereocenters. The van der Waals surface area contributed by atoms with Crippen LogP contribution in [0.2, 0.25) is 0 Å². The maximum absolute atomic E-state index is 12.6. The van der Waals surface area contributed by atoms with Crippen molar-refractivity contribution in [1.82, 2.24) is 4.90 Å². The van der Waals surface area contributed by atoms with Gasteiger partial charge >= 0.3 is 6.18 Å². The summed E-state index contributed by atoms with van der Waals surface area (Å²) in [4.78, 5) is 13.5. The number of likely N-dealkylation sites (N-methyl/N-ethyl adjacent to an activating group) is 1. The molecule has 21 heavy (non-hydrogen) atoms. The van der Waals surface area contributed by atoms with Crippen molar-refractivity contribution in [2.75, 3.05) is 13.1 Å². The van der Waals surface area contributed by atoms with Gasteiger partial charge in [-0.15, -0.1) is 0 Å². The van der Waals surface area contributed by atoms with Crippen LogP contribution in [0.25, 0.3) is 0 Å². The molecule has 0 bridgehead atoms. The van der Waals surface area contributed by atoms with Gasteiger partial charge < -0.3 is 10.0 Å². The quantitative estimate of drug-likeness (QED) is 0.908. The topological polar surface area (TPSA) is 40.5 Å². The summed E-state index contributed by atoms with van der Waals surface area (Å²) in [5.74, 6) is -0.307. The van der Waals surface area contributed by atoms with Gasteiger partial charge in [-0.25, -0.2) is 0 Å². The molecule has 0 aliphatic heterocycles. The Balaban J connectivity index is 2.83. The van der Waals surface area contributed by atoms with E-state index >= 15 is 0 Å². The van der Waals surface area contributed by atoms with Crippen molar-refractivity contribution in [2.45, 2.75) is 39.0 Å². The minimum atomic E-state index is -4.42. The minimum absolute atomic E-state index is 0.117.